The highest BCUT2D eigenvalue weighted by molar-refractivity contribution is 6.12. The number of aryl methyl sites for hydroxylation is 1. The van der Waals surface area contributed by atoms with Crippen LogP contribution in [0.4, 0.5) is 0 Å². The number of hydrogen-bond donors (Lipinski definition) is 2. The molecule has 0 bridgehead atoms. The normalized spacial score (nSPS) is 13.3. The van der Waals surface area contributed by atoms with Gasteiger partial charge in [-0.05, 0) is 43.5 Å². The Kier molecular flexibility index (Phi) is 5.31. The molecule has 118 valence electrons. The summed E-state index contributed by atoms with van der Waals surface area (Å²) < 4.78 is 0. The minimum absolute atomic E-state index is 0.733. The fourth-order valence-corrected chi connectivity index (χ4v) is 2.26. The van der Waals surface area contributed by atoms with E-state index in [9.17, 15) is 0 Å². The van der Waals surface area contributed by atoms with Gasteiger partial charge in [0.05, 0.1) is 11.4 Å². The van der Waals surface area contributed by atoms with Gasteiger partial charge in [-0.15, -0.1) is 0 Å². The SMILES string of the molecule is C/C(=C\C(=N\N)c1ccc(/C(C)=N/N)cc1)c1ccc(C)cc1. The maximum atomic E-state index is 5.58. The molecule has 0 aliphatic heterocycles. The molecular formula is C19H22N4. The molecule has 0 spiro atoms. The third-order valence-electron chi connectivity index (χ3n) is 3.79. The Morgan fingerprint density at radius 3 is 1.83 bits per heavy atom. The van der Waals surface area contributed by atoms with Crippen LogP contribution in [-0.2, 0) is 0 Å². The second kappa shape index (κ2) is 7.40. The van der Waals surface area contributed by atoms with Crippen LogP contribution in [0.2, 0.25) is 0 Å². The van der Waals surface area contributed by atoms with Gasteiger partial charge in [-0.2, -0.15) is 10.2 Å². The summed E-state index contributed by atoms with van der Waals surface area (Å²) in [7, 11) is 0. The zero-order chi connectivity index (χ0) is 16.8. The predicted octanol–water partition coefficient (Wildman–Crippen LogP) is 3.44. The van der Waals surface area contributed by atoms with Gasteiger partial charge in [0.1, 0.15) is 0 Å². The summed E-state index contributed by atoms with van der Waals surface area (Å²) in [5, 5.41) is 7.62. The van der Waals surface area contributed by atoms with Crippen LogP contribution in [0.5, 0.6) is 0 Å². The first-order chi connectivity index (χ1) is 11.0. The Hall–Kier alpha value is -2.88. The van der Waals surface area contributed by atoms with Crippen molar-refractivity contribution in [2.45, 2.75) is 20.8 Å². The van der Waals surface area contributed by atoms with Crippen LogP contribution in [0.3, 0.4) is 0 Å². The van der Waals surface area contributed by atoms with Crippen molar-refractivity contribution in [2.24, 2.45) is 21.9 Å². The average molecular weight is 306 g/mol. The van der Waals surface area contributed by atoms with Crippen molar-refractivity contribution < 1.29 is 0 Å². The lowest BCUT2D eigenvalue weighted by atomic mass is 10.0. The van der Waals surface area contributed by atoms with E-state index in [1.54, 1.807) is 0 Å². The van der Waals surface area contributed by atoms with E-state index in [1.807, 2.05) is 37.3 Å². The van der Waals surface area contributed by atoms with E-state index in [-0.39, 0.29) is 0 Å². The smallest absolute Gasteiger partial charge is 0.0901 e. The predicted molar refractivity (Wildman–Crippen MR) is 98.4 cm³/mol. The molecular weight excluding hydrogens is 284 g/mol. The van der Waals surface area contributed by atoms with Crippen molar-refractivity contribution in [1.82, 2.24) is 0 Å². The van der Waals surface area contributed by atoms with E-state index in [1.165, 1.54) is 5.56 Å². The third kappa shape index (κ3) is 4.07. The lowest BCUT2D eigenvalue weighted by Crippen LogP contribution is -2.04. The second-order valence-electron chi connectivity index (χ2n) is 5.50. The van der Waals surface area contributed by atoms with Gasteiger partial charge in [0.15, 0.2) is 0 Å². The molecule has 23 heavy (non-hydrogen) atoms. The van der Waals surface area contributed by atoms with Crippen molar-refractivity contribution >= 4 is 17.0 Å². The molecule has 0 amide bonds. The minimum atomic E-state index is 0.733. The van der Waals surface area contributed by atoms with Crippen molar-refractivity contribution in [2.75, 3.05) is 0 Å². The van der Waals surface area contributed by atoms with Crippen LogP contribution in [0, 0.1) is 6.92 Å². The summed E-state index contributed by atoms with van der Waals surface area (Å²) >= 11 is 0. The molecule has 0 radical (unpaired) electrons. The van der Waals surface area contributed by atoms with Crippen molar-refractivity contribution in [3.05, 3.63) is 76.9 Å². The van der Waals surface area contributed by atoms with E-state index in [0.717, 1.165) is 33.7 Å². The van der Waals surface area contributed by atoms with E-state index >= 15 is 0 Å². The van der Waals surface area contributed by atoms with Crippen LogP contribution in [0.1, 0.15) is 36.1 Å². The number of allylic oxidation sites excluding steroid dienone is 2. The summed E-state index contributed by atoms with van der Waals surface area (Å²) in [6.07, 6.45) is 1.99. The van der Waals surface area contributed by atoms with Gasteiger partial charge in [0.25, 0.3) is 0 Å². The molecule has 0 saturated carbocycles. The van der Waals surface area contributed by atoms with E-state index in [2.05, 4.69) is 48.3 Å². The average Bonchev–Trinajstić information content (AvgIpc) is 2.59. The Balaban J connectivity index is 2.29. The van der Waals surface area contributed by atoms with Crippen molar-refractivity contribution in [3.63, 3.8) is 0 Å². The number of rotatable bonds is 4. The summed E-state index contributed by atoms with van der Waals surface area (Å²) in [6.45, 7) is 5.99. The quantitative estimate of drug-likeness (QED) is 0.515. The van der Waals surface area contributed by atoms with Gasteiger partial charge < -0.3 is 11.7 Å². The molecule has 0 unspecified atom stereocenters. The Morgan fingerprint density at radius 2 is 1.30 bits per heavy atom. The zero-order valence-corrected chi connectivity index (χ0v) is 13.7. The largest absolute Gasteiger partial charge is 0.323 e. The molecule has 0 saturated heterocycles. The van der Waals surface area contributed by atoms with Gasteiger partial charge in [-0.3, -0.25) is 0 Å². The fourth-order valence-electron chi connectivity index (χ4n) is 2.26. The topological polar surface area (TPSA) is 76.8 Å². The highest BCUT2D eigenvalue weighted by atomic mass is 15.1. The van der Waals surface area contributed by atoms with Gasteiger partial charge in [0.2, 0.25) is 0 Å². The third-order valence-corrected chi connectivity index (χ3v) is 3.79. The van der Waals surface area contributed by atoms with Gasteiger partial charge in [-0.1, -0.05) is 54.1 Å². The first kappa shape index (κ1) is 16.5. The first-order valence-electron chi connectivity index (χ1n) is 7.43. The van der Waals surface area contributed by atoms with Gasteiger partial charge >= 0.3 is 0 Å². The molecule has 0 atom stereocenters. The Bertz CT molecular complexity index is 751. The molecule has 2 aromatic rings. The molecule has 0 aliphatic rings. The molecule has 4 heteroatoms. The standard InChI is InChI=1S/C19H22N4/c1-13-4-6-16(7-5-13)14(2)12-19(23-21)18-10-8-17(9-11-18)15(3)22-20/h4-12H,20-21H2,1-3H3/b14-12+,22-15+,23-19-. The Morgan fingerprint density at radius 1 is 0.783 bits per heavy atom. The highest BCUT2D eigenvalue weighted by Gasteiger charge is 2.04. The lowest BCUT2D eigenvalue weighted by molar-refractivity contribution is 1.23. The van der Waals surface area contributed by atoms with Gasteiger partial charge in [-0.25, -0.2) is 0 Å². The molecule has 4 nitrogen and oxygen atoms in total. The summed E-state index contributed by atoms with van der Waals surface area (Å²) in [6, 6.07) is 16.2. The van der Waals surface area contributed by atoms with Crippen molar-refractivity contribution in [3.8, 4) is 0 Å². The lowest BCUT2D eigenvalue weighted by Gasteiger charge is -2.06. The molecule has 0 fully saturated rings. The number of nitrogens with zero attached hydrogens (tertiary/aromatic N) is 2. The first-order valence-corrected chi connectivity index (χ1v) is 7.43. The summed E-state index contributed by atoms with van der Waals surface area (Å²) in [4.78, 5) is 0. The van der Waals surface area contributed by atoms with Crippen LogP contribution >= 0.6 is 0 Å². The molecule has 2 rings (SSSR count). The highest BCUT2D eigenvalue weighted by Crippen LogP contribution is 2.16. The number of hydrazone groups is 2. The minimum Gasteiger partial charge on any atom is -0.323 e. The van der Waals surface area contributed by atoms with E-state index < -0.39 is 0 Å². The Labute approximate surface area is 137 Å². The monoisotopic (exact) mass is 306 g/mol. The van der Waals surface area contributed by atoms with Crippen molar-refractivity contribution in [1.29, 1.82) is 0 Å². The second-order valence-corrected chi connectivity index (χ2v) is 5.50. The molecule has 4 N–H and O–H groups in total. The summed E-state index contributed by atoms with van der Waals surface area (Å²) in [5.41, 5.74) is 6.95. The van der Waals surface area contributed by atoms with E-state index in [4.69, 9.17) is 11.7 Å². The fraction of sp³-hybridized carbons (Fsp3) is 0.158. The molecule has 0 heterocycles. The van der Waals surface area contributed by atoms with Crippen LogP contribution < -0.4 is 11.7 Å². The molecule has 0 aliphatic carbocycles. The number of nitrogens with two attached hydrogens (primary N) is 2. The maximum absolute atomic E-state index is 5.58. The van der Waals surface area contributed by atoms with E-state index in [0.29, 0.717) is 0 Å². The van der Waals surface area contributed by atoms with Gasteiger partial charge in [0, 0.05) is 5.56 Å². The number of hydrogen-bond acceptors (Lipinski definition) is 4. The molecule has 2 aromatic carbocycles. The van der Waals surface area contributed by atoms with Crippen LogP contribution in [-0.4, -0.2) is 11.4 Å². The maximum Gasteiger partial charge on any atom is 0.0901 e. The van der Waals surface area contributed by atoms with Crippen LogP contribution in [0.25, 0.3) is 5.57 Å². The zero-order valence-electron chi connectivity index (χ0n) is 13.7. The van der Waals surface area contributed by atoms with Crippen LogP contribution in [0.15, 0.2) is 64.8 Å². The number of benzene rings is 2. The summed E-state index contributed by atoms with van der Waals surface area (Å²) in [5.74, 6) is 10.9. The molecule has 0 aromatic heterocycles.